The van der Waals surface area contributed by atoms with Crippen molar-refractivity contribution in [2.45, 2.75) is 57.8 Å². The number of ether oxygens (including phenoxy) is 3. The van der Waals surface area contributed by atoms with Crippen LogP contribution in [0.1, 0.15) is 27.2 Å². The summed E-state index contributed by atoms with van der Waals surface area (Å²) >= 11 is 0. The number of carbonyl (C=O) groups is 2. The second-order valence-electron chi connectivity index (χ2n) is 5.64. The third-order valence-corrected chi connectivity index (χ3v) is 3.33. The molecule has 2 fully saturated rings. The Hall–Kier alpha value is -1.18. The minimum Gasteiger partial charge on any atom is -0.457 e. The molecule has 2 aliphatic rings. The molecule has 0 saturated carbocycles. The molecule has 0 aromatic carbocycles. The van der Waals surface area contributed by atoms with Crippen LogP contribution in [0.2, 0.25) is 0 Å². The Morgan fingerprint density at radius 1 is 1.40 bits per heavy atom. The zero-order valence-corrected chi connectivity index (χ0v) is 11.9. The number of nitrogens with one attached hydrogen (secondary N) is 1. The number of amides is 1. The molecule has 0 radical (unpaired) electrons. The third-order valence-electron chi connectivity index (χ3n) is 3.33. The number of fused-ring (bicyclic) bond motifs is 1. The van der Waals surface area contributed by atoms with Crippen LogP contribution < -0.4 is 5.32 Å². The minimum absolute atomic E-state index is 0.210. The van der Waals surface area contributed by atoms with Gasteiger partial charge in [-0.15, -0.1) is 0 Å². The molecule has 1 amide bonds. The molecule has 7 nitrogen and oxygen atoms in total. The lowest BCUT2D eigenvalue weighted by Crippen LogP contribution is -2.46. The Labute approximate surface area is 117 Å². The second kappa shape index (κ2) is 6.07. The highest BCUT2D eigenvalue weighted by atomic mass is 16.7. The van der Waals surface area contributed by atoms with Crippen molar-refractivity contribution in [1.82, 2.24) is 5.32 Å². The molecule has 0 bridgehead atoms. The van der Waals surface area contributed by atoms with E-state index in [1.165, 1.54) is 6.92 Å². The van der Waals surface area contributed by atoms with E-state index in [2.05, 4.69) is 5.32 Å². The zero-order valence-electron chi connectivity index (χ0n) is 11.9. The van der Waals surface area contributed by atoms with Crippen molar-refractivity contribution in [1.29, 1.82) is 0 Å². The first-order valence-electron chi connectivity index (χ1n) is 6.80. The van der Waals surface area contributed by atoms with Crippen molar-refractivity contribution >= 4 is 11.9 Å². The molecule has 5 atom stereocenters. The van der Waals surface area contributed by atoms with E-state index in [0.717, 1.165) is 0 Å². The van der Waals surface area contributed by atoms with Crippen LogP contribution in [0.4, 0.5) is 0 Å². The van der Waals surface area contributed by atoms with Crippen molar-refractivity contribution in [3.63, 3.8) is 0 Å². The normalized spacial score (nSPS) is 36.0. The summed E-state index contributed by atoms with van der Waals surface area (Å²) in [7, 11) is 0. The first-order chi connectivity index (χ1) is 9.38. The van der Waals surface area contributed by atoms with E-state index in [9.17, 15) is 14.7 Å². The lowest BCUT2D eigenvalue weighted by molar-refractivity contribution is -0.165. The van der Waals surface area contributed by atoms with Gasteiger partial charge in [-0.05, 0) is 5.92 Å². The van der Waals surface area contributed by atoms with Crippen molar-refractivity contribution in [3.05, 3.63) is 0 Å². The average Bonchev–Trinajstić information content (AvgIpc) is 2.80. The Kier molecular flexibility index (Phi) is 4.62. The van der Waals surface area contributed by atoms with Crippen LogP contribution in [0.3, 0.4) is 0 Å². The van der Waals surface area contributed by atoms with E-state index in [4.69, 9.17) is 14.2 Å². The molecule has 0 unspecified atom stereocenters. The van der Waals surface area contributed by atoms with Gasteiger partial charge < -0.3 is 24.6 Å². The average molecular weight is 287 g/mol. The van der Waals surface area contributed by atoms with Gasteiger partial charge in [0.2, 0.25) is 5.91 Å². The lowest BCUT2D eigenvalue weighted by Gasteiger charge is -2.18. The van der Waals surface area contributed by atoms with Crippen molar-refractivity contribution in [3.8, 4) is 0 Å². The monoisotopic (exact) mass is 287 g/mol. The summed E-state index contributed by atoms with van der Waals surface area (Å²) < 4.78 is 16.2. The largest absolute Gasteiger partial charge is 0.457 e. The van der Waals surface area contributed by atoms with Crippen molar-refractivity contribution in [2.24, 2.45) is 5.92 Å². The molecule has 7 heteroatoms. The van der Waals surface area contributed by atoms with E-state index in [1.807, 2.05) is 13.8 Å². The molecular weight excluding hydrogens is 266 g/mol. The number of rotatable bonds is 4. The summed E-state index contributed by atoms with van der Waals surface area (Å²) in [5, 5.41) is 12.4. The summed E-state index contributed by atoms with van der Waals surface area (Å²) in [6, 6.07) is -0.633. The Bertz CT molecular complexity index is 385. The van der Waals surface area contributed by atoms with Gasteiger partial charge in [-0.2, -0.15) is 0 Å². The molecule has 0 aromatic rings. The predicted octanol–water partition coefficient (Wildman–Crippen LogP) is -0.435. The zero-order chi connectivity index (χ0) is 14.9. The molecule has 114 valence electrons. The van der Waals surface area contributed by atoms with Crippen LogP contribution in [0.5, 0.6) is 0 Å². The van der Waals surface area contributed by atoms with E-state index in [-0.39, 0.29) is 24.4 Å². The molecular formula is C13H21NO6. The Balaban J connectivity index is 1.94. The molecule has 2 rings (SSSR count). The fraction of sp³-hybridized carbons (Fsp3) is 0.846. The maximum atomic E-state index is 11.7. The van der Waals surface area contributed by atoms with Gasteiger partial charge in [-0.25, -0.2) is 0 Å². The summed E-state index contributed by atoms with van der Waals surface area (Å²) in [6.45, 7) is 5.42. The van der Waals surface area contributed by atoms with E-state index >= 15 is 0 Å². The van der Waals surface area contributed by atoms with Crippen LogP contribution in [-0.4, -0.2) is 54.2 Å². The number of aliphatic hydroxyl groups is 1. The topological polar surface area (TPSA) is 94.1 Å². The van der Waals surface area contributed by atoms with Crippen LogP contribution >= 0.6 is 0 Å². The molecule has 2 heterocycles. The minimum atomic E-state index is -1.15. The van der Waals surface area contributed by atoms with Crippen LogP contribution in [0.25, 0.3) is 0 Å². The van der Waals surface area contributed by atoms with Crippen LogP contribution in [0.15, 0.2) is 0 Å². The van der Waals surface area contributed by atoms with Gasteiger partial charge in [-0.1, -0.05) is 13.8 Å². The summed E-state index contributed by atoms with van der Waals surface area (Å²) in [4.78, 5) is 22.8. The third kappa shape index (κ3) is 3.28. The van der Waals surface area contributed by atoms with Gasteiger partial charge in [0.15, 0.2) is 12.4 Å². The van der Waals surface area contributed by atoms with Crippen molar-refractivity contribution < 1.29 is 28.9 Å². The fourth-order valence-electron chi connectivity index (χ4n) is 2.53. The quantitative estimate of drug-likeness (QED) is 0.681. The summed E-state index contributed by atoms with van der Waals surface area (Å²) in [6.07, 6.45) is -2.41. The van der Waals surface area contributed by atoms with Gasteiger partial charge in [0, 0.05) is 13.3 Å². The summed E-state index contributed by atoms with van der Waals surface area (Å²) in [5.41, 5.74) is 0. The molecule has 2 N–H and O–H groups in total. The van der Waals surface area contributed by atoms with E-state index in [1.54, 1.807) is 0 Å². The van der Waals surface area contributed by atoms with Gasteiger partial charge in [0.25, 0.3) is 0 Å². The predicted molar refractivity (Wildman–Crippen MR) is 67.6 cm³/mol. The number of hydrogen-bond acceptors (Lipinski definition) is 6. The van der Waals surface area contributed by atoms with Gasteiger partial charge in [-0.3, -0.25) is 9.59 Å². The van der Waals surface area contributed by atoms with Gasteiger partial charge in [0.1, 0.15) is 18.2 Å². The molecule has 0 aliphatic carbocycles. The highest BCUT2D eigenvalue weighted by Crippen LogP contribution is 2.32. The van der Waals surface area contributed by atoms with Crippen molar-refractivity contribution in [2.75, 3.05) is 6.61 Å². The fourth-order valence-corrected chi connectivity index (χ4v) is 2.53. The Morgan fingerprint density at radius 3 is 2.70 bits per heavy atom. The molecule has 0 spiro atoms. The molecule has 2 saturated heterocycles. The standard InChI is InChI=1S/C13H21NO6/c1-6(2)4-9(16)19-8-5-18-12-10(14-7(3)15)13(17)20-11(8)12/h6,8,10-13,17H,4-5H2,1-3H3,(H,14,15)/t8-,10+,11-,12-,13+/m1/s1. The number of hydrogen-bond donors (Lipinski definition) is 2. The first-order valence-corrected chi connectivity index (χ1v) is 6.80. The number of aliphatic hydroxyl groups excluding tert-OH is 1. The second-order valence-corrected chi connectivity index (χ2v) is 5.64. The van der Waals surface area contributed by atoms with Crippen LogP contribution in [-0.2, 0) is 23.8 Å². The first kappa shape index (κ1) is 15.2. The van der Waals surface area contributed by atoms with E-state index in [0.29, 0.717) is 6.42 Å². The highest BCUT2D eigenvalue weighted by molar-refractivity contribution is 5.73. The smallest absolute Gasteiger partial charge is 0.306 e. The molecule has 2 aliphatic heterocycles. The number of carbonyl (C=O) groups excluding carboxylic acids is 2. The maximum Gasteiger partial charge on any atom is 0.306 e. The Morgan fingerprint density at radius 2 is 2.10 bits per heavy atom. The van der Waals surface area contributed by atoms with E-state index < -0.39 is 30.6 Å². The van der Waals surface area contributed by atoms with Crippen LogP contribution in [0, 0.1) is 5.92 Å². The number of esters is 1. The highest BCUT2D eigenvalue weighted by Gasteiger charge is 2.54. The lowest BCUT2D eigenvalue weighted by atomic mass is 10.1. The van der Waals surface area contributed by atoms with Gasteiger partial charge in [0.05, 0.1) is 6.61 Å². The SMILES string of the molecule is CC(=O)N[C@H]1[C@H]2OC[C@@H](OC(=O)CC(C)C)[C@H]2O[C@@H]1O. The summed E-state index contributed by atoms with van der Waals surface area (Å²) in [5.74, 6) is -0.375. The van der Waals surface area contributed by atoms with Gasteiger partial charge >= 0.3 is 5.97 Å². The maximum absolute atomic E-state index is 11.7. The molecule has 20 heavy (non-hydrogen) atoms. The molecule has 0 aromatic heterocycles.